The number of hydrogen-bond donors (Lipinski definition) is 0. The Balaban J connectivity index is 1.87. The molecule has 0 radical (unpaired) electrons. The van der Waals surface area contributed by atoms with Crippen molar-refractivity contribution in [1.29, 1.82) is 0 Å². The first kappa shape index (κ1) is 14.3. The SMILES string of the molecule is CCC1CCCCN1C(=O)c1nc(-c2ccco2)sc1C. The minimum absolute atomic E-state index is 0.0770. The lowest BCUT2D eigenvalue weighted by Gasteiger charge is -2.34. The average Bonchev–Trinajstić information content (AvgIpc) is 3.15. The second-order valence-corrected chi connectivity index (χ2v) is 6.66. The smallest absolute Gasteiger partial charge is 0.273 e. The summed E-state index contributed by atoms with van der Waals surface area (Å²) < 4.78 is 5.38. The van der Waals surface area contributed by atoms with Crippen LogP contribution in [0, 0.1) is 6.92 Å². The van der Waals surface area contributed by atoms with Crippen molar-refractivity contribution in [3.63, 3.8) is 0 Å². The molecule has 1 saturated heterocycles. The summed E-state index contributed by atoms with van der Waals surface area (Å²) in [6.45, 7) is 4.96. The molecule has 3 rings (SSSR count). The summed E-state index contributed by atoms with van der Waals surface area (Å²) in [4.78, 5) is 20.3. The lowest BCUT2D eigenvalue weighted by molar-refractivity contribution is 0.0602. The number of aromatic nitrogens is 1. The number of piperidine rings is 1. The first-order chi connectivity index (χ1) is 10.2. The highest BCUT2D eigenvalue weighted by atomic mass is 32.1. The summed E-state index contributed by atoms with van der Waals surface area (Å²) in [5.74, 6) is 0.806. The van der Waals surface area contributed by atoms with E-state index in [0.29, 0.717) is 11.7 Å². The molecule has 1 fully saturated rings. The summed E-state index contributed by atoms with van der Waals surface area (Å²) in [6.07, 6.45) is 6.06. The van der Waals surface area contributed by atoms with Gasteiger partial charge in [0.1, 0.15) is 5.69 Å². The summed E-state index contributed by atoms with van der Waals surface area (Å²) in [5, 5.41) is 0.783. The molecule has 5 heteroatoms. The minimum Gasteiger partial charge on any atom is -0.462 e. The van der Waals surface area contributed by atoms with Gasteiger partial charge in [-0.15, -0.1) is 11.3 Å². The maximum atomic E-state index is 12.8. The lowest BCUT2D eigenvalue weighted by Crippen LogP contribution is -2.43. The number of nitrogens with zero attached hydrogens (tertiary/aromatic N) is 2. The standard InChI is InChI=1S/C16H20N2O2S/c1-3-12-7-4-5-9-18(12)16(19)14-11(2)21-15(17-14)13-8-6-10-20-13/h6,8,10,12H,3-5,7,9H2,1-2H3. The van der Waals surface area contributed by atoms with Crippen LogP contribution in [-0.2, 0) is 0 Å². The van der Waals surface area contributed by atoms with Gasteiger partial charge >= 0.3 is 0 Å². The van der Waals surface area contributed by atoms with Crippen LogP contribution in [0.3, 0.4) is 0 Å². The molecule has 0 aromatic carbocycles. The minimum atomic E-state index is 0.0770. The normalized spacial score (nSPS) is 19.0. The molecule has 1 aliphatic heterocycles. The van der Waals surface area contributed by atoms with Crippen molar-refractivity contribution < 1.29 is 9.21 Å². The number of carbonyl (C=O) groups excluding carboxylic acids is 1. The highest BCUT2D eigenvalue weighted by Crippen LogP contribution is 2.30. The Morgan fingerprint density at radius 3 is 3.10 bits per heavy atom. The number of hydrogen-bond acceptors (Lipinski definition) is 4. The fourth-order valence-electron chi connectivity index (χ4n) is 2.93. The molecule has 2 aromatic heterocycles. The molecular weight excluding hydrogens is 284 g/mol. The summed E-state index contributed by atoms with van der Waals surface area (Å²) in [5.41, 5.74) is 0.590. The van der Waals surface area contributed by atoms with Gasteiger partial charge in [-0.05, 0) is 44.7 Å². The molecule has 1 atom stereocenters. The highest BCUT2D eigenvalue weighted by Gasteiger charge is 2.29. The molecule has 2 aromatic rings. The molecule has 112 valence electrons. The largest absolute Gasteiger partial charge is 0.462 e. The van der Waals surface area contributed by atoms with E-state index in [2.05, 4.69) is 11.9 Å². The lowest BCUT2D eigenvalue weighted by atomic mass is 9.99. The number of thiazole rings is 1. The molecule has 21 heavy (non-hydrogen) atoms. The van der Waals surface area contributed by atoms with E-state index < -0.39 is 0 Å². The fourth-order valence-corrected chi connectivity index (χ4v) is 3.80. The maximum absolute atomic E-state index is 12.8. The quantitative estimate of drug-likeness (QED) is 0.857. The van der Waals surface area contributed by atoms with Crippen LogP contribution in [0.5, 0.6) is 0 Å². The predicted molar refractivity (Wildman–Crippen MR) is 83.5 cm³/mol. The van der Waals surface area contributed by atoms with Gasteiger partial charge in [0.25, 0.3) is 5.91 Å². The zero-order chi connectivity index (χ0) is 14.8. The zero-order valence-electron chi connectivity index (χ0n) is 12.5. The number of carbonyl (C=O) groups is 1. The zero-order valence-corrected chi connectivity index (χ0v) is 13.3. The Morgan fingerprint density at radius 2 is 2.38 bits per heavy atom. The Labute approximate surface area is 128 Å². The van der Waals surface area contributed by atoms with Crippen LogP contribution >= 0.6 is 11.3 Å². The predicted octanol–water partition coefficient (Wildman–Crippen LogP) is 4.12. The molecular formula is C16H20N2O2S. The third-order valence-corrected chi connectivity index (χ3v) is 5.08. The van der Waals surface area contributed by atoms with E-state index in [1.54, 1.807) is 6.26 Å². The van der Waals surface area contributed by atoms with E-state index >= 15 is 0 Å². The summed E-state index contributed by atoms with van der Waals surface area (Å²) >= 11 is 1.52. The van der Waals surface area contributed by atoms with Crippen LogP contribution in [0.15, 0.2) is 22.8 Å². The third-order valence-electron chi connectivity index (χ3n) is 4.09. The Bertz CT molecular complexity index is 618. The second-order valence-electron chi connectivity index (χ2n) is 5.46. The van der Waals surface area contributed by atoms with Gasteiger partial charge < -0.3 is 9.32 Å². The third kappa shape index (κ3) is 2.75. The molecule has 1 aliphatic rings. The molecule has 3 heterocycles. The van der Waals surface area contributed by atoms with Crippen molar-refractivity contribution in [2.24, 2.45) is 0 Å². The molecule has 0 spiro atoms. The van der Waals surface area contributed by atoms with Gasteiger partial charge in [0.05, 0.1) is 6.26 Å². The number of rotatable bonds is 3. The van der Waals surface area contributed by atoms with E-state index in [0.717, 1.165) is 41.5 Å². The van der Waals surface area contributed by atoms with Crippen molar-refractivity contribution in [1.82, 2.24) is 9.88 Å². The Kier molecular flexibility index (Phi) is 4.10. The number of likely N-dealkylation sites (tertiary alicyclic amines) is 1. The van der Waals surface area contributed by atoms with E-state index in [1.165, 1.54) is 17.8 Å². The number of amides is 1. The maximum Gasteiger partial charge on any atom is 0.273 e. The molecule has 1 unspecified atom stereocenters. The van der Waals surface area contributed by atoms with Gasteiger partial charge in [-0.2, -0.15) is 0 Å². The number of furan rings is 1. The van der Waals surface area contributed by atoms with Gasteiger partial charge in [0.15, 0.2) is 10.8 Å². The molecule has 1 amide bonds. The molecule has 0 bridgehead atoms. The van der Waals surface area contributed by atoms with Gasteiger partial charge in [0, 0.05) is 17.5 Å². The van der Waals surface area contributed by atoms with Crippen LogP contribution in [0.4, 0.5) is 0 Å². The van der Waals surface area contributed by atoms with Crippen LogP contribution in [0.25, 0.3) is 10.8 Å². The first-order valence-corrected chi connectivity index (χ1v) is 8.34. The molecule has 4 nitrogen and oxygen atoms in total. The van der Waals surface area contributed by atoms with E-state index in [9.17, 15) is 4.79 Å². The van der Waals surface area contributed by atoms with Crippen LogP contribution in [-0.4, -0.2) is 28.4 Å². The van der Waals surface area contributed by atoms with Gasteiger partial charge in [-0.1, -0.05) is 6.92 Å². The number of aryl methyl sites for hydroxylation is 1. The van der Waals surface area contributed by atoms with Crippen LogP contribution in [0.2, 0.25) is 0 Å². The van der Waals surface area contributed by atoms with E-state index in [1.807, 2.05) is 24.0 Å². The second kappa shape index (κ2) is 6.02. The van der Waals surface area contributed by atoms with Crippen molar-refractivity contribution in [3.8, 4) is 10.8 Å². The summed E-state index contributed by atoms with van der Waals surface area (Å²) in [6, 6.07) is 4.08. The van der Waals surface area contributed by atoms with Gasteiger partial charge in [-0.3, -0.25) is 4.79 Å². The van der Waals surface area contributed by atoms with Crippen molar-refractivity contribution in [3.05, 3.63) is 29.0 Å². The average molecular weight is 304 g/mol. The van der Waals surface area contributed by atoms with Crippen LogP contribution < -0.4 is 0 Å². The van der Waals surface area contributed by atoms with Gasteiger partial charge in [0.2, 0.25) is 0 Å². The monoisotopic (exact) mass is 304 g/mol. The molecule has 0 saturated carbocycles. The van der Waals surface area contributed by atoms with Crippen LogP contribution in [0.1, 0.15) is 48.0 Å². The summed E-state index contributed by atoms with van der Waals surface area (Å²) in [7, 11) is 0. The van der Waals surface area contributed by atoms with E-state index in [-0.39, 0.29) is 5.91 Å². The Hall–Kier alpha value is -1.62. The highest BCUT2D eigenvalue weighted by molar-refractivity contribution is 7.15. The fraction of sp³-hybridized carbons (Fsp3) is 0.500. The topological polar surface area (TPSA) is 46.3 Å². The van der Waals surface area contributed by atoms with Crippen molar-refractivity contribution in [2.75, 3.05) is 6.54 Å². The molecule has 0 N–H and O–H groups in total. The molecule has 0 aliphatic carbocycles. The van der Waals surface area contributed by atoms with Crippen molar-refractivity contribution in [2.45, 2.75) is 45.6 Å². The Morgan fingerprint density at radius 1 is 1.52 bits per heavy atom. The van der Waals surface area contributed by atoms with E-state index in [4.69, 9.17) is 4.42 Å². The van der Waals surface area contributed by atoms with Crippen molar-refractivity contribution >= 4 is 17.2 Å². The first-order valence-electron chi connectivity index (χ1n) is 7.53. The van der Waals surface area contributed by atoms with Gasteiger partial charge in [-0.25, -0.2) is 4.98 Å².